The molecule has 0 radical (unpaired) electrons. The van der Waals surface area contributed by atoms with Gasteiger partial charge in [-0.15, -0.1) is 0 Å². The third-order valence-corrected chi connectivity index (χ3v) is 3.91. The Morgan fingerprint density at radius 2 is 1.88 bits per heavy atom. The first-order chi connectivity index (χ1) is 12.6. The van der Waals surface area contributed by atoms with Gasteiger partial charge < -0.3 is 10.2 Å². The first-order valence-electron chi connectivity index (χ1n) is 8.25. The number of hydrogen-bond acceptors (Lipinski definition) is 6. The number of nitrogens with one attached hydrogen (secondary N) is 1. The lowest BCUT2D eigenvalue weighted by Gasteiger charge is -2.22. The summed E-state index contributed by atoms with van der Waals surface area (Å²) in [6.07, 6.45) is 1.34. The summed E-state index contributed by atoms with van der Waals surface area (Å²) >= 11 is 0. The molecule has 0 unspecified atom stereocenters. The lowest BCUT2D eigenvalue weighted by atomic mass is 10.2. The lowest BCUT2D eigenvalue weighted by molar-refractivity contribution is -0.383. The number of rotatable bonds is 6. The minimum atomic E-state index is -0.445. The Kier molecular flexibility index (Phi) is 5.07. The molecule has 0 fully saturated rings. The Hall–Kier alpha value is -3.48. The van der Waals surface area contributed by atoms with Crippen LogP contribution in [0.3, 0.4) is 0 Å². The van der Waals surface area contributed by atoms with Crippen molar-refractivity contribution < 1.29 is 4.92 Å². The molecule has 7 nitrogen and oxygen atoms in total. The van der Waals surface area contributed by atoms with E-state index < -0.39 is 4.92 Å². The van der Waals surface area contributed by atoms with Crippen molar-refractivity contribution in [3.8, 4) is 0 Å². The van der Waals surface area contributed by atoms with Crippen LogP contribution in [0.5, 0.6) is 0 Å². The van der Waals surface area contributed by atoms with Gasteiger partial charge in [0.15, 0.2) is 0 Å². The Morgan fingerprint density at radius 1 is 1.12 bits per heavy atom. The van der Waals surface area contributed by atoms with Crippen LogP contribution in [0.15, 0.2) is 60.9 Å². The van der Waals surface area contributed by atoms with Crippen LogP contribution in [-0.4, -0.2) is 21.4 Å². The van der Waals surface area contributed by atoms with Gasteiger partial charge in [0, 0.05) is 17.9 Å². The third kappa shape index (κ3) is 3.61. The fraction of sp³-hybridized carbons (Fsp3) is 0.158. The number of aryl methyl sites for hydroxylation is 1. The van der Waals surface area contributed by atoms with E-state index >= 15 is 0 Å². The monoisotopic (exact) mass is 349 g/mol. The van der Waals surface area contributed by atoms with Gasteiger partial charge in [0.2, 0.25) is 11.6 Å². The number of hydrogen-bond donors (Lipinski definition) is 1. The van der Waals surface area contributed by atoms with Gasteiger partial charge in [-0.3, -0.25) is 10.1 Å². The van der Waals surface area contributed by atoms with E-state index in [-0.39, 0.29) is 17.3 Å². The maximum absolute atomic E-state index is 11.8. The minimum Gasteiger partial charge on any atom is -0.334 e. The minimum absolute atomic E-state index is 0.153. The van der Waals surface area contributed by atoms with Crippen LogP contribution < -0.4 is 10.2 Å². The summed E-state index contributed by atoms with van der Waals surface area (Å²) in [7, 11) is 0. The molecule has 0 saturated heterocycles. The quantitative estimate of drug-likeness (QED) is 0.517. The third-order valence-electron chi connectivity index (χ3n) is 3.91. The normalized spacial score (nSPS) is 10.4. The molecule has 0 atom stereocenters. The second kappa shape index (κ2) is 7.60. The fourth-order valence-corrected chi connectivity index (χ4v) is 2.75. The van der Waals surface area contributed by atoms with Gasteiger partial charge in [0.05, 0.1) is 4.92 Å². The summed E-state index contributed by atoms with van der Waals surface area (Å²) in [5.41, 5.74) is 2.46. The molecule has 1 heterocycles. The van der Waals surface area contributed by atoms with Gasteiger partial charge in [-0.05, 0) is 43.7 Å². The van der Waals surface area contributed by atoms with Crippen molar-refractivity contribution in [3.63, 3.8) is 0 Å². The van der Waals surface area contributed by atoms with Crippen LogP contribution in [0, 0.1) is 17.0 Å². The zero-order chi connectivity index (χ0) is 18.5. The zero-order valence-electron chi connectivity index (χ0n) is 14.6. The summed E-state index contributed by atoms with van der Waals surface area (Å²) in [6.45, 7) is 4.41. The topological polar surface area (TPSA) is 84.2 Å². The first-order valence-corrected chi connectivity index (χ1v) is 8.25. The largest absolute Gasteiger partial charge is 0.354 e. The van der Waals surface area contributed by atoms with Gasteiger partial charge in [-0.1, -0.05) is 30.3 Å². The number of nitrogens with zero attached hydrogens (tertiary/aromatic N) is 4. The maximum Gasteiger partial charge on any atom is 0.354 e. The van der Waals surface area contributed by atoms with Gasteiger partial charge in [-0.2, -0.15) is 0 Å². The van der Waals surface area contributed by atoms with Crippen molar-refractivity contribution in [2.45, 2.75) is 13.8 Å². The van der Waals surface area contributed by atoms with E-state index in [2.05, 4.69) is 15.3 Å². The van der Waals surface area contributed by atoms with Gasteiger partial charge >= 0.3 is 5.69 Å². The molecule has 26 heavy (non-hydrogen) atoms. The van der Waals surface area contributed by atoms with Crippen molar-refractivity contribution in [2.24, 2.45) is 0 Å². The van der Waals surface area contributed by atoms with E-state index in [4.69, 9.17) is 0 Å². The Morgan fingerprint density at radius 3 is 2.54 bits per heavy atom. The van der Waals surface area contributed by atoms with E-state index in [1.54, 1.807) is 4.90 Å². The lowest BCUT2D eigenvalue weighted by Crippen LogP contribution is -2.19. The van der Waals surface area contributed by atoms with Crippen LogP contribution in [0.25, 0.3) is 0 Å². The molecule has 3 rings (SSSR count). The summed E-state index contributed by atoms with van der Waals surface area (Å²) in [5.74, 6) is 0.425. The van der Waals surface area contributed by atoms with E-state index in [1.165, 1.54) is 6.33 Å². The highest BCUT2D eigenvalue weighted by Gasteiger charge is 2.27. The first kappa shape index (κ1) is 17.3. The highest BCUT2D eigenvalue weighted by atomic mass is 16.6. The highest BCUT2D eigenvalue weighted by Crippen LogP contribution is 2.36. The fourth-order valence-electron chi connectivity index (χ4n) is 2.75. The van der Waals surface area contributed by atoms with Crippen LogP contribution in [0.4, 0.5) is 28.7 Å². The average Bonchev–Trinajstić information content (AvgIpc) is 2.63. The highest BCUT2D eigenvalue weighted by molar-refractivity contribution is 5.78. The number of para-hydroxylation sites is 1. The van der Waals surface area contributed by atoms with E-state index in [1.807, 2.05) is 68.4 Å². The van der Waals surface area contributed by atoms with Crippen molar-refractivity contribution in [3.05, 3.63) is 76.6 Å². The summed E-state index contributed by atoms with van der Waals surface area (Å²) in [4.78, 5) is 21.5. The molecule has 0 aliphatic carbocycles. The smallest absolute Gasteiger partial charge is 0.334 e. The summed E-state index contributed by atoms with van der Waals surface area (Å²) < 4.78 is 0. The Bertz CT molecular complexity index is 915. The molecule has 2 aromatic carbocycles. The van der Waals surface area contributed by atoms with Crippen molar-refractivity contribution in [1.29, 1.82) is 0 Å². The molecule has 0 bridgehead atoms. The van der Waals surface area contributed by atoms with E-state index in [0.29, 0.717) is 6.54 Å². The molecule has 0 spiro atoms. The molecular formula is C19H19N5O2. The molecule has 0 aliphatic heterocycles. The maximum atomic E-state index is 11.8. The Balaban J connectivity index is 2.07. The molecule has 1 aromatic heterocycles. The standard InChI is InChI=1S/C19H19N5O2/c1-3-23(16-10-5-4-6-11-16)19-17(24(25)26)18(20-13-21-19)22-15-9-7-8-14(2)12-15/h4-13H,3H2,1-2H3,(H,20,21,22). The molecule has 3 aromatic rings. The van der Waals surface area contributed by atoms with Crippen molar-refractivity contribution >= 4 is 28.7 Å². The number of aromatic nitrogens is 2. The van der Waals surface area contributed by atoms with Crippen LogP contribution in [-0.2, 0) is 0 Å². The summed E-state index contributed by atoms with van der Waals surface area (Å²) in [6, 6.07) is 17.0. The van der Waals surface area contributed by atoms with E-state index in [0.717, 1.165) is 16.9 Å². The van der Waals surface area contributed by atoms with E-state index in [9.17, 15) is 10.1 Å². The number of anilines is 4. The predicted octanol–water partition coefficient (Wildman–Crippen LogP) is 4.59. The molecule has 0 saturated carbocycles. The average molecular weight is 349 g/mol. The van der Waals surface area contributed by atoms with Gasteiger partial charge in [0.1, 0.15) is 6.33 Å². The number of benzene rings is 2. The van der Waals surface area contributed by atoms with Crippen molar-refractivity contribution in [2.75, 3.05) is 16.8 Å². The molecule has 7 heteroatoms. The molecule has 1 N–H and O–H groups in total. The molecule has 0 amide bonds. The van der Waals surface area contributed by atoms with Crippen LogP contribution in [0.2, 0.25) is 0 Å². The Labute approximate surface area is 151 Å². The second-order valence-corrected chi connectivity index (χ2v) is 5.73. The SMILES string of the molecule is CCN(c1ccccc1)c1ncnc(Nc2cccc(C)c2)c1[N+](=O)[O-]. The zero-order valence-corrected chi connectivity index (χ0v) is 14.6. The van der Waals surface area contributed by atoms with Gasteiger partial charge in [-0.25, -0.2) is 9.97 Å². The predicted molar refractivity (Wildman–Crippen MR) is 102 cm³/mol. The molecule has 132 valence electrons. The molecule has 0 aliphatic rings. The van der Waals surface area contributed by atoms with Crippen LogP contribution in [0.1, 0.15) is 12.5 Å². The van der Waals surface area contributed by atoms with Crippen LogP contribution >= 0.6 is 0 Å². The molecular weight excluding hydrogens is 330 g/mol. The second-order valence-electron chi connectivity index (χ2n) is 5.73. The van der Waals surface area contributed by atoms with Crippen molar-refractivity contribution in [1.82, 2.24) is 9.97 Å². The number of nitro groups is 1. The van der Waals surface area contributed by atoms with Gasteiger partial charge in [0.25, 0.3) is 0 Å². The summed E-state index contributed by atoms with van der Waals surface area (Å²) in [5, 5.41) is 14.9.